The maximum atomic E-state index is 10.8. The molecular weight excluding hydrogens is 294 g/mol. The van der Waals surface area contributed by atoms with Crippen molar-refractivity contribution in [2.75, 3.05) is 6.54 Å². The number of hydrogen-bond donors (Lipinski definition) is 2. The van der Waals surface area contributed by atoms with Crippen LogP contribution in [0.15, 0.2) is 4.47 Å². The lowest BCUT2D eigenvalue weighted by Crippen LogP contribution is -2.51. The van der Waals surface area contributed by atoms with Crippen LogP contribution in [0.2, 0.25) is 0 Å². The predicted octanol–water partition coefficient (Wildman–Crippen LogP) is 2.02. The summed E-state index contributed by atoms with van der Waals surface area (Å²) in [6, 6.07) is 0. The molecule has 18 heavy (non-hydrogen) atoms. The van der Waals surface area contributed by atoms with Crippen molar-refractivity contribution in [3.05, 3.63) is 15.9 Å². The Balaban J connectivity index is 3.14. The highest BCUT2D eigenvalue weighted by Crippen LogP contribution is 2.35. The van der Waals surface area contributed by atoms with Crippen molar-refractivity contribution in [2.45, 2.75) is 46.1 Å². The Hall–Kier alpha value is -0.390. The van der Waals surface area contributed by atoms with Gasteiger partial charge in [0.15, 0.2) is 0 Å². The van der Waals surface area contributed by atoms with Crippen LogP contribution in [0.5, 0.6) is 0 Å². The van der Waals surface area contributed by atoms with Crippen LogP contribution < -0.4 is 5.73 Å². The average Bonchev–Trinajstić information content (AvgIpc) is 2.54. The Labute approximate surface area is 118 Å². The van der Waals surface area contributed by atoms with Crippen LogP contribution in [0.1, 0.15) is 39.1 Å². The van der Waals surface area contributed by atoms with Gasteiger partial charge in [-0.25, -0.2) is 0 Å². The Bertz CT molecular complexity index is 423. The first kappa shape index (κ1) is 15.7. The fourth-order valence-corrected chi connectivity index (χ4v) is 2.69. The first-order valence-electron chi connectivity index (χ1n) is 6.29. The molecule has 0 saturated carbocycles. The molecule has 0 aliphatic carbocycles. The van der Waals surface area contributed by atoms with Crippen molar-refractivity contribution >= 4 is 15.9 Å². The SMILES string of the molecule is CCc1nn(C)c(CC(O)(CN)C(C)(C)C)c1Br. The van der Waals surface area contributed by atoms with E-state index in [0.717, 1.165) is 22.3 Å². The molecule has 0 spiro atoms. The summed E-state index contributed by atoms with van der Waals surface area (Å²) in [7, 11) is 1.90. The zero-order valence-electron chi connectivity index (χ0n) is 11.9. The first-order valence-corrected chi connectivity index (χ1v) is 7.08. The third-order valence-electron chi connectivity index (χ3n) is 3.70. The van der Waals surface area contributed by atoms with Gasteiger partial charge in [0.05, 0.1) is 21.5 Å². The highest BCUT2D eigenvalue weighted by molar-refractivity contribution is 9.10. The fourth-order valence-electron chi connectivity index (χ4n) is 1.93. The van der Waals surface area contributed by atoms with E-state index in [1.807, 2.05) is 32.5 Å². The summed E-state index contributed by atoms with van der Waals surface area (Å²) < 4.78 is 2.82. The Morgan fingerprint density at radius 2 is 1.94 bits per heavy atom. The lowest BCUT2D eigenvalue weighted by Gasteiger charge is -2.39. The van der Waals surface area contributed by atoms with Gasteiger partial charge >= 0.3 is 0 Å². The first-order chi connectivity index (χ1) is 8.16. The van der Waals surface area contributed by atoms with Gasteiger partial charge in [0, 0.05) is 20.0 Å². The number of rotatable bonds is 4. The number of aliphatic hydroxyl groups is 1. The zero-order chi connectivity index (χ0) is 14.1. The van der Waals surface area contributed by atoms with E-state index in [2.05, 4.69) is 28.0 Å². The second kappa shape index (κ2) is 5.31. The second-order valence-electron chi connectivity index (χ2n) is 5.85. The molecule has 0 radical (unpaired) electrons. The molecule has 1 rings (SSSR count). The second-order valence-corrected chi connectivity index (χ2v) is 6.64. The molecule has 1 heterocycles. The molecule has 3 N–H and O–H groups in total. The quantitative estimate of drug-likeness (QED) is 0.893. The van der Waals surface area contributed by atoms with E-state index >= 15 is 0 Å². The number of halogens is 1. The molecule has 1 aromatic heterocycles. The molecule has 1 atom stereocenters. The van der Waals surface area contributed by atoms with Crippen LogP contribution in [-0.2, 0) is 19.9 Å². The fraction of sp³-hybridized carbons (Fsp3) is 0.769. The summed E-state index contributed by atoms with van der Waals surface area (Å²) in [5, 5.41) is 15.2. The molecule has 5 heteroatoms. The molecule has 4 nitrogen and oxygen atoms in total. The largest absolute Gasteiger partial charge is 0.388 e. The summed E-state index contributed by atoms with van der Waals surface area (Å²) in [6.07, 6.45) is 1.36. The Morgan fingerprint density at radius 3 is 2.28 bits per heavy atom. The van der Waals surface area contributed by atoms with E-state index in [4.69, 9.17) is 5.73 Å². The minimum Gasteiger partial charge on any atom is -0.388 e. The number of aryl methyl sites for hydroxylation is 2. The van der Waals surface area contributed by atoms with E-state index in [9.17, 15) is 5.11 Å². The molecule has 104 valence electrons. The highest BCUT2D eigenvalue weighted by atomic mass is 79.9. The van der Waals surface area contributed by atoms with Crippen molar-refractivity contribution in [1.82, 2.24) is 9.78 Å². The summed E-state index contributed by atoms with van der Waals surface area (Å²) in [5.74, 6) is 0. The van der Waals surface area contributed by atoms with Crippen molar-refractivity contribution < 1.29 is 5.11 Å². The molecule has 0 fully saturated rings. The van der Waals surface area contributed by atoms with Crippen LogP contribution in [-0.4, -0.2) is 27.0 Å². The topological polar surface area (TPSA) is 64.1 Å². The van der Waals surface area contributed by atoms with Crippen molar-refractivity contribution in [3.8, 4) is 0 Å². The highest BCUT2D eigenvalue weighted by Gasteiger charge is 2.40. The van der Waals surface area contributed by atoms with Crippen LogP contribution in [0.25, 0.3) is 0 Å². The Morgan fingerprint density at radius 1 is 1.39 bits per heavy atom. The molecule has 0 aromatic carbocycles. The number of nitrogens with two attached hydrogens (primary N) is 1. The van der Waals surface area contributed by atoms with Crippen molar-refractivity contribution in [1.29, 1.82) is 0 Å². The maximum Gasteiger partial charge on any atom is 0.0872 e. The maximum absolute atomic E-state index is 10.8. The van der Waals surface area contributed by atoms with Gasteiger partial charge in [-0.05, 0) is 27.8 Å². The zero-order valence-corrected chi connectivity index (χ0v) is 13.5. The summed E-state index contributed by atoms with van der Waals surface area (Å²) in [6.45, 7) is 8.31. The molecule has 0 amide bonds. The van der Waals surface area contributed by atoms with Gasteiger partial charge in [-0.1, -0.05) is 27.7 Å². The van der Waals surface area contributed by atoms with Crippen LogP contribution in [0.3, 0.4) is 0 Å². The van der Waals surface area contributed by atoms with Gasteiger partial charge < -0.3 is 10.8 Å². The standard InChI is InChI=1S/C13H24BrN3O/c1-6-9-11(14)10(17(5)16-9)7-13(18,8-15)12(2,3)4/h18H,6-8,15H2,1-5H3. The Kier molecular flexibility index (Phi) is 4.62. The smallest absolute Gasteiger partial charge is 0.0872 e. The van der Waals surface area contributed by atoms with E-state index < -0.39 is 5.60 Å². The predicted molar refractivity (Wildman–Crippen MR) is 77.4 cm³/mol. The van der Waals surface area contributed by atoms with E-state index in [0.29, 0.717) is 6.42 Å². The van der Waals surface area contributed by atoms with Gasteiger partial charge in [-0.2, -0.15) is 5.10 Å². The summed E-state index contributed by atoms with van der Waals surface area (Å²) in [5.41, 5.74) is 6.58. The molecule has 0 aliphatic rings. The van der Waals surface area contributed by atoms with Gasteiger partial charge in [0.25, 0.3) is 0 Å². The van der Waals surface area contributed by atoms with E-state index in [-0.39, 0.29) is 12.0 Å². The number of nitrogens with zero attached hydrogens (tertiary/aromatic N) is 2. The molecule has 0 aliphatic heterocycles. The normalized spacial score (nSPS) is 15.8. The van der Waals surface area contributed by atoms with E-state index in [1.54, 1.807) is 0 Å². The van der Waals surface area contributed by atoms with Gasteiger partial charge in [0.1, 0.15) is 0 Å². The lowest BCUT2D eigenvalue weighted by molar-refractivity contribution is -0.0504. The number of aromatic nitrogens is 2. The molecule has 0 bridgehead atoms. The minimum atomic E-state index is -0.936. The molecule has 0 saturated heterocycles. The summed E-state index contributed by atoms with van der Waals surface area (Å²) >= 11 is 3.58. The van der Waals surface area contributed by atoms with Crippen LogP contribution in [0, 0.1) is 5.41 Å². The van der Waals surface area contributed by atoms with Crippen LogP contribution >= 0.6 is 15.9 Å². The summed E-state index contributed by atoms with van der Waals surface area (Å²) in [4.78, 5) is 0. The van der Waals surface area contributed by atoms with E-state index in [1.165, 1.54) is 0 Å². The monoisotopic (exact) mass is 317 g/mol. The lowest BCUT2D eigenvalue weighted by atomic mass is 9.74. The van der Waals surface area contributed by atoms with Gasteiger partial charge in [-0.3, -0.25) is 4.68 Å². The van der Waals surface area contributed by atoms with Gasteiger partial charge in [-0.15, -0.1) is 0 Å². The minimum absolute atomic E-state index is 0.232. The van der Waals surface area contributed by atoms with Crippen molar-refractivity contribution in [3.63, 3.8) is 0 Å². The van der Waals surface area contributed by atoms with Crippen LogP contribution in [0.4, 0.5) is 0 Å². The molecule has 1 aromatic rings. The average molecular weight is 318 g/mol. The van der Waals surface area contributed by atoms with Crippen molar-refractivity contribution in [2.24, 2.45) is 18.2 Å². The molecule has 1 unspecified atom stereocenters. The third-order valence-corrected chi connectivity index (χ3v) is 4.61. The van der Waals surface area contributed by atoms with Gasteiger partial charge in [0.2, 0.25) is 0 Å². The third kappa shape index (κ3) is 2.78. The molecular formula is C13H24BrN3O. The number of hydrogen-bond acceptors (Lipinski definition) is 3.